The fourth-order valence-corrected chi connectivity index (χ4v) is 2.78. The van der Waals surface area contributed by atoms with Crippen molar-refractivity contribution in [2.24, 2.45) is 0 Å². The maximum Gasteiger partial charge on any atom is 0.288 e. The van der Waals surface area contributed by atoms with E-state index in [-0.39, 0.29) is 22.9 Å². The lowest BCUT2D eigenvalue weighted by molar-refractivity contribution is 0.0471. The first kappa shape index (κ1) is 14.3. The van der Waals surface area contributed by atoms with Crippen LogP contribution in [-0.2, 0) is 0 Å². The molecule has 0 bridgehead atoms. The van der Waals surface area contributed by atoms with Crippen molar-refractivity contribution < 1.29 is 18.7 Å². The van der Waals surface area contributed by atoms with Crippen LogP contribution in [0.3, 0.4) is 0 Å². The fourth-order valence-electron chi connectivity index (χ4n) is 2.15. The lowest BCUT2D eigenvalue weighted by Crippen LogP contribution is -2.42. The highest BCUT2D eigenvalue weighted by molar-refractivity contribution is 7.99. The number of nitrogens with zero attached hydrogens (tertiary/aromatic N) is 1. The average Bonchev–Trinajstić information content (AvgIpc) is 2.38. The molecule has 1 aliphatic rings. The van der Waals surface area contributed by atoms with E-state index < -0.39 is 11.9 Å². The highest BCUT2D eigenvalue weighted by Crippen LogP contribution is 2.29. The molecule has 0 aliphatic carbocycles. The van der Waals surface area contributed by atoms with Gasteiger partial charge in [0.1, 0.15) is 0 Å². The molecular formula is C13H15F2NO2S. The molecule has 3 nitrogen and oxygen atoms in total. The first-order valence-electron chi connectivity index (χ1n) is 6.09. The summed E-state index contributed by atoms with van der Waals surface area (Å²) >= 11 is 0.375. The number of β-amino-alcohol motifs (C(OH)–C–C–N with tert-alkyl or cyclic N) is 1. The molecule has 19 heavy (non-hydrogen) atoms. The Hall–Kier alpha value is -1.14. The van der Waals surface area contributed by atoms with E-state index in [1.54, 1.807) is 18.2 Å². The van der Waals surface area contributed by atoms with E-state index in [0.29, 0.717) is 24.7 Å². The van der Waals surface area contributed by atoms with E-state index in [2.05, 4.69) is 0 Å². The van der Waals surface area contributed by atoms with E-state index >= 15 is 0 Å². The molecule has 1 atom stereocenters. The van der Waals surface area contributed by atoms with Gasteiger partial charge >= 0.3 is 0 Å². The van der Waals surface area contributed by atoms with E-state index in [0.717, 1.165) is 6.42 Å². The second kappa shape index (κ2) is 6.34. The summed E-state index contributed by atoms with van der Waals surface area (Å²) in [7, 11) is 0. The lowest BCUT2D eigenvalue weighted by Gasteiger charge is -2.30. The summed E-state index contributed by atoms with van der Waals surface area (Å²) in [6, 6.07) is 6.36. The van der Waals surface area contributed by atoms with Gasteiger partial charge in [0.25, 0.3) is 11.7 Å². The Bertz CT molecular complexity index is 456. The van der Waals surface area contributed by atoms with Crippen molar-refractivity contribution in [2.45, 2.75) is 29.6 Å². The van der Waals surface area contributed by atoms with Crippen molar-refractivity contribution in [1.82, 2.24) is 4.90 Å². The standard InChI is InChI=1S/C13H15F2NO2S/c14-13(15)19-11-6-2-1-5-10(11)12(18)16-7-3-4-9(17)8-16/h1-2,5-6,9,13,17H,3-4,7-8H2/t9-/m0/s1. The molecule has 2 rings (SSSR count). The number of piperidine rings is 1. The predicted octanol–water partition coefficient (Wildman–Crippen LogP) is 2.60. The molecule has 1 amide bonds. The van der Waals surface area contributed by atoms with Gasteiger partial charge in [-0.15, -0.1) is 0 Å². The van der Waals surface area contributed by atoms with Crippen LogP contribution in [0.1, 0.15) is 23.2 Å². The van der Waals surface area contributed by atoms with E-state index in [9.17, 15) is 18.7 Å². The van der Waals surface area contributed by atoms with Crippen LogP contribution in [0.5, 0.6) is 0 Å². The zero-order valence-electron chi connectivity index (χ0n) is 10.3. The summed E-state index contributed by atoms with van der Waals surface area (Å²) in [6.07, 6.45) is 0.890. The first-order valence-corrected chi connectivity index (χ1v) is 6.97. The van der Waals surface area contributed by atoms with E-state index in [1.165, 1.54) is 11.0 Å². The van der Waals surface area contributed by atoms with Crippen molar-refractivity contribution in [3.8, 4) is 0 Å². The number of carbonyl (C=O) groups is 1. The number of hydrogen-bond donors (Lipinski definition) is 1. The van der Waals surface area contributed by atoms with Crippen LogP contribution in [0, 0.1) is 0 Å². The monoisotopic (exact) mass is 287 g/mol. The summed E-state index contributed by atoms with van der Waals surface area (Å²) in [5.74, 6) is -2.84. The van der Waals surface area contributed by atoms with Gasteiger partial charge in [0.05, 0.1) is 11.7 Å². The Kier molecular flexibility index (Phi) is 4.76. The van der Waals surface area contributed by atoms with Gasteiger partial charge in [-0.05, 0) is 25.0 Å². The van der Waals surface area contributed by atoms with Crippen LogP contribution in [0.25, 0.3) is 0 Å². The van der Waals surface area contributed by atoms with Crippen molar-refractivity contribution in [3.05, 3.63) is 29.8 Å². The number of carbonyl (C=O) groups excluding carboxylic acids is 1. The molecule has 0 spiro atoms. The van der Waals surface area contributed by atoms with Crippen LogP contribution < -0.4 is 0 Å². The summed E-state index contributed by atoms with van der Waals surface area (Å²) < 4.78 is 24.9. The Morgan fingerprint density at radius 2 is 2.16 bits per heavy atom. The van der Waals surface area contributed by atoms with Crippen LogP contribution in [0.4, 0.5) is 8.78 Å². The molecule has 1 fully saturated rings. The van der Waals surface area contributed by atoms with Gasteiger partial charge in [-0.3, -0.25) is 4.79 Å². The second-order valence-corrected chi connectivity index (χ2v) is 5.45. The Labute approximate surface area is 114 Å². The molecule has 1 aromatic rings. The molecule has 1 saturated heterocycles. The highest BCUT2D eigenvalue weighted by Gasteiger charge is 2.25. The minimum absolute atomic E-state index is 0.270. The first-order chi connectivity index (χ1) is 9.08. The summed E-state index contributed by atoms with van der Waals surface area (Å²) in [6.45, 7) is 0.829. The number of hydrogen-bond acceptors (Lipinski definition) is 3. The minimum Gasteiger partial charge on any atom is -0.391 e. The third-order valence-electron chi connectivity index (χ3n) is 3.02. The van der Waals surface area contributed by atoms with Gasteiger partial charge in [-0.2, -0.15) is 8.78 Å². The van der Waals surface area contributed by atoms with Crippen molar-refractivity contribution in [2.75, 3.05) is 13.1 Å². The van der Waals surface area contributed by atoms with E-state index in [4.69, 9.17) is 0 Å². The number of benzene rings is 1. The number of halogens is 2. The number of rotatable bonds is 3. The SMILES string of the molecule is O=C(c1ccccc1SC(F)F)N1CCC[C@H](O)C1. The van der Waals surface area contributed by atoms with Crippen LogP contribution in [0.15, 0.2) is 29.2 Å². The zero-order chi connectivity index (χ0) is 13.8. The smallest absolute Gasteiger partial charge is 0.288 e. The van der Waals surface area contributed by atoms with Gasteiger partial charge in [0, 0.05) is 18.0 Å². The minimum atomic E-state index is -2.55. The highest BCUT2D eigenvalue weighted by atomic mass is 32.2. The molecule has 1 aromatic carbocycles. The number of aliphatic hydroxyl groups is 1. The van der Waals surface area contributed by atoms with Gasteiger partial charge < -0.3 is 10.0 Å². The molecule has 0 saturated carbocycles. The number of amides is 1. The second-order valence-electron chi connectivity index (χ2n) is 4.42. The van der Waals surface area contributed by atoms with Crippen LogP contribution >= 0.6 is 11.8 Å². The quantitative estimate of drug-likeness (QED) is 0.869. The van der Waals surface area contributed by atoms with Crippen molar-refractivity contribution in [3.63, 3.8) is 0 Å². The lowest BCUT2D eigenvalue weighted by atomic mass is 10.1. The topological polar surface area (TPSA) is 40.5 Å². The van der Waals surface area contributed by atoms with Gasteiger partial charge in [0.15, 0.2) is 0 Å². The molecule has 1 N–H and O–H groups in total. The number of aliphatic hydroxyl groups excluding tert-OH is 1. The summed E-state index contributed by atoms with van der Waals surface area (Å²) in [4.78, 5) is 14.1. The number of thioether (sulfide) groups is 1. The third kappa shape index (κ3) is 3.67. The Morgan fingerprint density at radius 3 is 2.84 bits per heavy atom. The normalized spacial score (nSPS) is 19.8. The molecule has 1 aliphatic heterocycles. The van der Waals surface area contributed by atoms with Gasteiger partial charge in [-0.1, -0.05) is 23.9 Å². The summed E-state index contributed by atoms with van der Waals surface area (Å²) in [5.41, 5.74) is 0.280. The van der Waals surface area contributed by atoms with Crippen LogP contribution in [0.2, 0.25) is 0 Å². The molecule has 104 valence electrons. The fraction of sp³-hybridized carbons (Fsp3) is 0.462. The van der Waals surface area contributed by atoms with E-state index in [1.807, 2.05) is 0 Å². The largest absolute Gasteiger partial charge is 0.391 e. The molecule has 0 aromatic heterocycles. The Balaban J connectivity index is 2.18. The summed E-state index contributed by atoms with van der Waals surface area (Å²) in [5, 5.41) is 9.57. The predicted molar refractivity (Wildman–Crippen MR) is 69.4 cm³/mol. The van der Waals surface area contributed by atoms with Gasteiger partial charge in [0.2, 0.25) is 0 Å². The molecular weight excluding hydrogens is 272 g/mol. The van der Waals surface area contributed by atoms with Crippen molar-refractivity contribution >= 4 is 17.7 Å². The third-order valence-corrected chi connectivity index (χ3v) is 3.81. The number of likely N-dealkylation sites (tertiary alicyclic amines) is 1. The number of alkyl halides is 2. The molecule has 6 heteroatoms. The van der Waals surface area contributed by atoms with Crippen molar-refractivity contribution in [1.29, 1.82) is 0 Å². The van der Waals surface area contributed by atoms with Gasteiger partial charge in [-0.25, -0.2) is 0 Å². The Morgan fingerprint density at radius 1 is 1.42 bits per heavy atom. The maximum atomic E-state index is 12.5. The maximum absolute atomic E-state index is 12.5. The molecule has 0 unspecified atom stereocenters. The van der Waals surface area contributed by atoms with Crippen LogP contribution in [-0.4, -0.2) is 40.9 Å². The molecule has 1 heterocycles. The zero-order valence-corrected chi connectivity index (χ0v) is 11.1. The average molecular weight is 287 g/mol. The molecule has 0 radical (unpaired) electrons.